The van der Waals surface area contributed by atoms with Crippen LogP contribution in [0.4, 0.5) is 0 Å². The summed E-state index contributed by atoms with van der Waals surface area (Å²) in [5.74, 6) is 0.340. The number of hydrogen-bond acceptors (Lipinski definition) is 2. The van der Waals surface area contributed by atoms with Crippen molar-refractivity contribution in [2.24, 2.45) is 0 Å². The maximum atomic E-state index is 8.97. The highest BCUT2D eigenvalue weighted by molar-refractivity contribution is 5.85. The molecule has 0 aliphatic carbocycles. The third kappa shape index (κ3) is 1.43. The van der Waals surface area contributed by atoms with Crippen LogP contribution in [0.25, 0.3) is 0 Å². The van der Waals surface area contributed by atoms with Crippen LogP contribution in [0.5, 0.6) is 5.75 Å². The van der Waals surface area contributed by atoms with Gasteiger partial charge in [-0.05, 0) is 12.5 Å². The molecule has 1 fully saturated rings. The van der Waals surface area contributed by atoms with E-state index in [9.17, 15) is 0 Å². The van der Waals surface area contributed by atoms with Gasteiger partial charge < -0.3 is 10.1 Å². The Morgan fingerprint density at radius 1 is 1.36 bits per heavy atom. The van der Waals surface area contributed by atoms with E-state index in [0.29, 0.717) is 5.75 Å². The van der Waals surface area contributed by atoms with Crippen molar-refractivity contribution in [1.82, 2.24) is 4.68 Å². The van der Waals surface area contributed by atoms with Crippen LogP contribution >= 0.6 is 12.4 Å². The third-order valence-electron chi connectivity index (χ3n) is 1.82. The van der Waals surface area contributed by atoms with E-state index in [0.717, 1.165) is 13.1 Å². The smallest absolute Gasteiger partial charge is 0.135 e. The Hall–Kier alpha value is -0.830. The van der Waals surface area contributed by atoms with Gasteiger partial charge in [-0.25, -0.2) is 0 Å². The number of aromatic hydroxyl groups is 1. The van der Waals surface area contributed by atoms with Crippen molar-refractivity contribution in [3.05, 3.63) is 18.5 Å². The molecule has 1 saturated heterocycles. The molecule has 0 spiro atoms. The van der Waals surface area contributed by atoms with E-state index in [-0.39, 0.29) is 12.4 Å². The summed E-state index contributed by atoms with van der Waals surface area (Å²) in [6.45, 7) is 2.21. The first-order chi connectivity index (χ1) is 4.86. The minimum Gasteiger partial charge on any atom is -0.506 e. The van der Waals surface area contributed by atoms with Crippen molar-refractivity contribution in [3.8, 4) is 5.75 Å². The molecule has 0 radical (unpaired) electrons. The molecule has 1 aromatic heterocycles. The maximum absolute atomic E-state index is 8.97. The van der Waals surface area contributed by atoms with Crippen LogP contribution in [0.3, 0.4) is 0 Å². The van der Waals surface area contributed by atoms with Crippen molar-refractivity contribution >= 4 is 12.4 Å². The lowest BCUT2D eigenvalue weighted by molar-refractivity contribution is 0.452. The van der Waals surface area contributed by atoms with Gasteiger partial charge in [0.25, 0.3) is 0 Å². The quantitative estimate of drug-likeness (QED) is 0.687. The summed E-state index contributed by atoms with van der Waals surface area (Å²) < 4.78 is 1.93. The van der Waals surface area contributed by atoms with Crippen molar-refractivity contribution in [2.45, 2.75) is 6.42 Å². The van der Waals surface area contributed by atoms with Gasteiger partial charge in [0.1, 0.15) is 5.75 Å². The van der Waals surface area contributed by atoms with Gasteiger partial charge in [-0.1, -0.05) is 0 Å². The number of aromatic nitrogens is 1. The predicted octanol–water partition coefficient (Wildman–Crippen LogP) is 0.957. The molecule has 0 saturated carbocycles. The maximum Gasteiger partial charge on any atom is 0.135 e. The number of rotatable bonds is 1. The molecule has 4 heteroatoms. The Kier molecular flexibility index (Phi) is 2.29. The summed E-state index contributed by atoms with van der Waals surface area (Å²) in [6.07, 6.45) is 4.85. The van der Waals surface area contributed by atoms with Gasteiger partial charge >= 0.3 is 0 Å². The first kappa shape index (κ1) is 8.27. The molecule has 1 N–H and O–H groups in total. The fourth-order valence-corrected chi connectivity index (χ4v) is 1.08. The van der Waals surface area contributed by atoms with Gasteiger partial charge in [-0.3, -0.25) is 4.68 Å². The summed E-state index contributed by atoms with van der Waals surface area (Å²) in [4.78, 5) is 0. The molecule has 2 rings (SSSR count). The van der Waals surface area contributed by atoms with E-state index in [4.69, 9.17) is 5.11 Å². The summed E-state index contributed by atoms with van der Waals surface area (Å²) >= 11 is 0. The zero-order valence-corrected chi connectivity index (χ0v) is 6.92. The largest absolute Gasteiger partial charge is 0.506 e. The molecule has 0 aromatic carbocycles. The molecule has 0 bridgehead atoms. The predicted molar refractivity (Wildman–Crippen MR) is 45.9 cm³/mol. The van der Waals surface area contributed by atoms with Gasteiger partial charge in [-0.15, -0.1) is 12.4 Å². The van der Waals surface area contributed by atoms with Crippen LogP contribution in [-0.4, -0.2) is 22.9 Å². The van der Waals surface area contributed by atoms with Gasteiger partial charge in [0.05, 0.1) is 6.20 Å². The summed E-state index contributed by atoms with van der Waals surface area (Å²) in [5, 5.41) is 11.1. The highest BCUT2D eigenvalue weighted by atomic mass is 35.5. The molecule has 11 heavy (non-hydrogen) atoms. The molecule has 3 nitrogen and oxygen atoms in total. The van der Waals surface area contributed by atoms with Gasteiger partial charge in [-0.2, -0.15) is 0 Å². The van der Waals surface area contributed by atoms with Crippen molar-refractivity contribution in [2.75, 3.05) is 18.1 Å². The summed E-state index contributed by atoms with van der Waals surface area (Å²) in [7, 11) is 0. The Labute approximate surface area is 71.6 Å². The highest BCUT2D eigenvalue weighted by Gasteiger charge is 2.13. The Morgan fingerprint density at radius 2 is 2.09 bits per heavy atom. The lowest BCUT2D eigenvalue weighted by atomic mass is 10.3. The zero-order valence-electron chi connectivity index (χ0n) is 6.10. The number of halogens is 1. The Morgan fingerprint density at radius 3 is 2.45 bits per heavy atom. The second kappa shape index (κ2) is 3.05. The van der Waals surface area contributed by atoms with E-state index in [1.165, 1.54) is 6.42 Å². The molecule has 2 heterocycles. The van der Waals surface area contributed by atoms with Gasteiger partial charge in [0.15, 0.2) is 0 Å². The first-order valence-electron chi connectivity index (χ1n) is 3.48. The fourth-order valence-electron chi connectivity index (χ4n) is 1.08. The molecule has 62 valence electrons. The van der Waals surface area contributed by atoms with Crippen molar-refractivity contribution in [1.29, 1.82) is 0 Å². The number of hydrogen-bond donors (Lipinski definition) is 1. The first-order valence-corrected chi connectivity index (χ1v) is 3.48. The molecular formula is C7H11ClN2O. The van der Waals surface area contributed by atoms with E-state index >= 15 is 0 Å². The average molecular weight is 175 g/mol. The fraction of sp³-hybridized carbons (Fsp3) is 0.429. The van der Waals surface area contributed by atoms with Crippen molar-refractivity contribution in [3.63, 3.8) is 0 Å². The minimum atomic E-state index is 0. The average Bonchev–Trinajstić information content (AvgIpc) is 2.10. The standard InChI is InChI=1S/C7H10N2O.ClH/c10-7-2-5-9(6-7)8-3-1-4-8;/h2,5-6,10H,1,3-4H2;1H. The molecule has 1 aromatic rings. The zero-order chi connectivity index (χ0) is 6.97. The second-order valence-corrected chi connectivity index (χ2v) is 2.56. The van der Waals surface area contributed by atoms with Crippen LogP contribution < -0.4 is 5.01 Å². The molecule has 0 atom stereocenters. The van der Waals surface area contributed by atoms with E-state index in [1.54, 1.807) is 12.3 Å². The lowest BCUT2D eigenvalue weighted by Gasteiger charge is -2.33. The van der Waals surface area contributed by atoms with Crippen LogP contribution in [0.1, 0.15) is 6.42 Å². The van der Waals surface area contributed by atoms with Crippen LogP contribution in [0.15, 0.2) is 18.5 Å². The third-order valence-corrected chi connectivity index (χ3v) is 1.82. The normalized spacial score (nSPS) is 15.5. The lowest BCUT2D eigenvalue weighted by Crippen LogP contribution is -2.44. The van der Waals surface area contributed by atoms with E-state index in [1.807, 2.05) is 10.9 Å². The van der Waals surface area contributed by atoms with Crippen LogP contribution in [0, 0.1) is 0 Å². The summed E-state index contributed by atoms with van der Waals surface area (Å²) in [5.41, 5.74) is 0. The van der Waals surface area contributed by atoms with Gasteiger partial charge in [0.2, 0.25) is 0 Å². The van der Waals surface area contributed by atoms with E-state index < -0.39 is 0 Å². The molecule has 1 aliphatic heterocycles. The Bertz CT molecular complexity index is 232. The number of nitrogens with zero attached hydrogens (tertiary/aromatic N) is 2. The van der Waals surface area contributed by atoms with Crippen LogP contribution in [0.2, 0.25) is 0 Å². The topological polar surface area (TPSA) is 28.4 Å². The molecule has 0 unspecified atom stereocenters. The van der Waals surface area contributed by atoms with Crippen LogP contribution in [-0.2, 0) is 0 Å². The highest BCUT2D eigenvalue weighted by Crippen LogP contribution is 2.11. The van der Waals surface area contributed by atoms with Gasteiger partial charge in [0, 0.05) is 19.3 Å². The minimum absolute atomic E-state index is 0. The monoisotopic (exact) mass is 174 g/mol. The molecule has 1 aliphatic rings. The van der Waals surface area contributed by atoms with Crippen molar-refractivity contribution < 1.29 is 5.11 Å². The summed E-state index contributed by atoms with van der Waals surface area (Å²) in [6, 6.07) is 1.69. The SMILES string of the molecule is Cl.Oc1ccn(N2CCC2)c1. The second-order valence-electron chi connectivity index (χ2n) is 2.56. The molecular weight excluding hydrogens is 164 g/mol. The van der Waals surface area contributed by atoms with E-state index in [2.05, 4.69) is 5.01 Å². The molecule has 0 amide bonds. The Balaban J connectivity index is 0.000000605.